The van der Waals surface area contributed by atoms with Gasteiger partial charge in [-0.05, 0) is 6.42 Å². The van der Waals surface area contributed by atoms with Gasteiger partial charge in [-0.2, -0.15) is 12.6 Å². The first kappa shape index (κ1) is 17.2. The Morgan fingerprint density at radius 2 is 1.94 bits per heavy atom. The number of hydrogen-bond donors (Lipinski definition) is 2. The Kier molecular flexibility index (Phi) is 10.8. The number of hydrogen-bond acceptors (Lipinski definition) is 6. The Morgan fingerprint density at radius 1 is 1.22 bits per heavy atom. The average Bonchev–Trinajstić information content (AvgIpc) is 2.34. The van der Waals surface area contributed by atoms with Crippen LogP contribution in [0.2, 0.25) is 0 Å². The van der Waals surface area contributed by atoms with Crippen molar-refractivity contribution in [2.45, 2.75) is 19.4 Å². The van der Waals surface area contributed by atoms with Crippen molar-refractivity contribution in [3.63, 3.8) is 0 Å². The quantitative estimate of drug-likeness (QED) is 0.335. The fraction of sp³-hybridized carbons (Fsp3) is 0.818. The highest BCUT2D eigenvalue weighted by molar-refractivity contribution is 7.80. The monoisotopic (exact) mass is 279 g/mol. The molecule has 1 unspecified atom stereocenters. The molecule has 0 aliphatic rings. The zero-order valence-electron chi connectivity index (χ0n) is 10.8. The summed E-state index contributed by atoms with van der Waals surface area (Å²) < 4.78 is 15.0. The van der Waals surface area contributed by atoms with Gasteiger partial charge in [0, 0.05) is 33.0 Å². The lowest BCUT2D eigenvalue weighted by Gasteiger charge is -2.14. The van der Waals surface area contributed by atoms with Gasteiger partial charge in [0.1, 0.15) is 12.6 Å². The van der Waals surface area contributed by atoms with Crippen LogP contribution >= 0.6 is 12.6 Å². The summed E-state index contributed by atoms with van der Waals surface area (Å²) in [6.45, 7) is 3.03. The third-order valence-corrected chi connectivity index (χ3v) is 2.32. The average molecular weight is 279 g/mol. The Balaban J connectivity index is 3.59. The maximum absolute atomic E-state index is 11.5. The number of carbonyl (C=O) groups excluding carboxylic acids is 2. The molecule has 7 heteroatoms. The predicted octanol–water partition coefficient (Wildman–Crippen LogP) is 0.0172. The molecule has 0 fully saturated rings. The summed E-state index contributed by atoms with van der Waals surface area (Å²) in [6.07, 6.45) is 0.801. The first-order valence-corrected chi connectivity index (χ1v) is 6.36. The minimum atomic E-state index is -0.709. The second-order valence-electron chi connectivity index (χ2n) is 3.56. The van der Waals surface area contributed by atoms with Crippen molar-refractivity contribution in [3.05, 3.63) is 0 Å². The van der Waals surface area contributed by atoms with Crippen LogP contribution in [-0.4, -0.2) is 57.2 Å². The summed E-state index contributed by atoms with van der Waals surface area (Å²) in [4.78, 5) is 22.3. The van der Waals surface area contributed by atoms with E-state index in [4.69, 9.17) is 14.2 Å². The van der Waals surface area contributed by atoms with Crippen molar-refractivity contribution in [3.8, 4) is 0 Å². The normalized spacial score (nSPS) is 11.9. The van der Waals surface area contributed by atoms with Crippen LogP contribution in [0.1, 0.15) is 13.3 Å². The van der Waals surface area contributed by atoms with Crippen LogP contribution in [0.3, 0.4) is 0 Å². The van der Waals surface area contributed by atoms with Crippen LogP contribution in [0.15, 0.2) is 0 Å². The Bertz CT molecular complexity index is 250. The van der Waals surface area contributed by atoms with Gasteiger partial charge in [-0.1, -0.05) is 0 Å². The minimum Gasteiger partial charge on any atom is -0.462 e. The number of carbonyl (C=O) groups is 2. The summed E-state index contributed by atoms with van der Waals surface area (Å²) in [7, 11) is 1.63. The smallest absolute Gasteiger partial charge is 0.329 e. The highest BCUT2D eigenvalue weighted by Gasteiger charge is 2.18. The first-order valence-electron chi connectivity index (χ1n) is 5.73. The molecule has 0 aliphatic heterocycles. The third-order valence-electron chi connectivity index (χ3n) is 1.95. The topological polar surface area (TPSA) is 73.9 Å². The van der Waals surface area contributed by atoms with E-state index in [0.29, 0.717) is 19.8 Å². The molecule has 0 bridgehead atoms. The highest BCUT2D eigenvalue weighted by Crippen LogP contribution is 1.93. The van der Waals surface area contributed by atoms with Gasteiger partial charge >= 0.3 is 5.97 Å². The number of thiol groups is 1. The van der Waals surface area contributed by atoms with Crippen LogP contribution in [0.25, 0.3) is 0 Å². The second-order valence-corrected chi connectivity index (χ2v) is 3.93. The molecule has 18 heavy (non-hydrogen) atoms. The summed E-state index contributed by atoms with van der Waals surface area (Å²) in [5.74, 6) is -0.588. The number of rotatable bonds is 10. The second kappa shape index (κ2) is 11.3. The zero-order chi connectivity index (χ0) is 13.8. The molecule has 0 aromatic heterocycles. The molecule has 0 heterocycles. The van der Waals surface area contributed by atoms with E-state index in [2.05, 4.69) is 17.9 Å². The van der Waals surface area contributed by atoms with E-state index in [1.54, 1.807) is 7.11 Å². The van der Waals surface area contributed by atoms with Gasteiger partial charge in [-0.25, -0.2) is 4.79 Å². The lowest BCUT2D eigenvalue weighted by molar-refractivity contribution is -0.148. The third kappa shape index (κ3) is 9.26. The summed E-state index contributed by atoms with van der Waals surface area (Å²) in [5.41, 5.74) is 0. The summed E-state index contributed by atoms with van der Waals surface area (Å²) >= 11 is 3.97. The molecule has 106 valence electrons. The minimum absolute atomic E-state index is 0.162. The molecule has 1 amide bonds. The first-order chi connectivity index (χ1) is 8.61. The molecule has 1 atom stereocenters. The summed E-state index contributed by atoms with van der Waals surface area (Å²) in [5, 5.41) is 2.45. The van der Waals surface area contributed by atoms with E-state index >= 15 is 0 Å². The molecule has 0 saturated heterocycles. The van der Waals surface area contributed by atoms with Crippen LogP contribution in [0.4, 0.5) is 0 Å². The van der Waals surface area contributed by atoms with Crippen LogP contribution < -0.4 is 5.32 Å². The van der Waals surface area contributed by atoms with Crippen LogP contribution in [-0.2, 0) is 23.8 Å². The molecular weight excluding hydrogens is 258 g/mol. The van der Waals surface area contributed by atoms with Crippen molar-refractivity contribution in [2.75, 3.05) is 39.3 Å². The number of amides is 1. The largest absolute Gasteiger partial charge is 0.462 e. The van der Waals surface area contributed by atoms with E-state index in [-0.39, 0.29) is 18.3 Å². The van der Waals surface area contributed by atoms with Gasteiger partial charge in [-0.15, -0.1) is 0 Å². The van der Waals surface area contributed by atoms with E-state index in [1.807, 2.05) is 0 Å². The van der Waals surface area contributed by atoms with Crippen molar-refractivity contribution >= 4 is 24.5 Å². The fourth-order valence-electron chi connectivity index (χ4n) is 1.13. The van der Waals surface area contributed by atoms with Gasteiger partial charge in [0.2, 0.25) is 5.91 Å². The molecule has 0 aromatic rings. The molecule has 0 aliphatic carbocycles. The Morgan fingerprint density at radius 3 is 2.50 bits per heavy atom. The SMILES string of the molecule is COCCCOCCOC(=O)C(CS)NC(C)=O. The molecule has 6 nitrogen and oxygen atoms in total. The standard InChI is InChI=1S/C11H21NO5S/c1-9(13)12-10(8-18)11(14)17-7-6-16-5-3-4-15-2/h10,18H,3-8H2,1-2H3,(H,12,13). The van der Waals surface area contributed by atoms with Gasteiger partial charge in [0.05, 0.1) is 6.61 Å². The Hall–Kier alpha value is -0.790. The van der Waals surface area contributed by atoms with Gasteiger partial charge in [-0.3, -0.25) is 4.79 Å². The number of ether oxygens (including phenoxy) is 3. The summed E-state index contributed by atoms with van der Waals surface area (Å²) in [6, 6.07) is -0.709. The van der Waals surface area contributed by atoms with E-state index < -0.39 is 12.0 Å². The number of methoxy groups -OCH3 is 1. The molecule has 0 rings (SSSR count). The number of esters is 1. The number of nitrogens with one attached hydrogen (secondary N) is 1. The molecule has 0 spiro atoms. The van der Waals surface area contributed by atoms with Crippen molar-refractivity contribution in [1.82, 2.24) is 5.32 Å². The molecule has 0 radical (unpaired) electrons. The maximum atomic E-state index is 11.5. The predicted molar refractivity (Wildman–Crippen MR) is 69.7 cm³/mol. The maximum Gasteiger partial charge on any atom is 0.329 e. The van der Waals surface area contributed by atoms with Crippen molar-refractivity contribution < 1.29 is 23.8 Å². The van der Waals surface area contributed by atoms with Crippen molar-refractivity contribution in [2.24, 2.45) is 0 Å². The molecular formula is C11H21NO5S. The molecule has 1 N–H and O–H groups in total. The van der Waals surface area contributed by atoms with Crippen molar-refractivity contribution in [1.29, 1.82) is 0 Å². The van der Waals surface area contributed by atoms with Gasteiger partial charge < -0.3 is 19.5 Å². The lowest BCUT2D eigenvalue weighted by atomic mass is 10.3. The van der Waals surface area contributed by atoms with E-state index in [9.17, 15) is 9.59 Å². The zero-order valence-corrected chi connectivity index (χ0v) is 11.7. The van der Waals surface area contributed by atoms with Crippen LogP contribution in [0.5, 0.6) is 0 Å². The van der Waals surface area contributed by atoms with Gasteiger partial charge in [0.15, 0.2) is 0 Å². The van der Waals surface area contributed by atoms with Gasteiger partial charge in [0.25, 0.3) is 0 Å². The lowest BCUT2D eigenvalue weighted by Crippen LogP contribution is -2.42. The van der Waals surface area contributed by atoms with Crippen LogP contribution in [0, 0.1) is 0 Å². The van der Waals surface area contributed by atoms with E-state index in [0.717, 1.165) is 6.42 Å². The highest BCUT2D eigenvalue weighted by atomic mass is 32.1. The molecule has 0 saturated carbocycles. The van der Waals surface area contributed by atoms with E-state index in [1.165, 1.54) is 6.92 Å². The molecule has 0 aromatic carbocycles. The fourth-order valence-corrected chi connectivity index (χ4v) is 1.37. The Labute approximate surface area is 113 Å².